The van der Waals surface area contributed by atoms with Gasteiger partial charge in [0.25, 0.3) is 0 Å². The van der Waals surface area contributed by atoms with E-state index in [0.29, 0.717) is 6.54 Å². The molecule has 9 heavy (non-hydrogen) atoms. The fraction of sp³-hybridized carbons (Fsp3) is 0.400. The summed E-state index contributed by atoms with van der Waals surface area (Å²) in [6.45, 7) is 0.660. The zero-order valence-corrected chi connectivity index (χ0v) is 5.82. The zero-order chi connectivity index (χ0) is 5.82. The number of hydrogen-bond acceptors (Lipinski definition) is 2. The van der Waals surface area contributed by atoms with Crippen molar-refractivity contribution in [3.63, 3.8) is 0 Å². The summed E-state index contributed by atoms with van der Waals surface area (Å²) in [5.74, 6) is 0.965. The molecule has 52 valence electrons. The Hall–Kier alpha value is -0.540. The highest BCUT2D eigenvalue weighted by atomic mass is 35.5. The summed E-state index contributed by atoms with van der Waals surface area (Å²) in [5, 5.41) is 0. The highest BCUT2D eigenvalue weighted by Gasteiger charge is 1.87. The van der Waals surface area contributed by atoms with E-state index in [1.165, 1.54) is 0 Å². The Kier molecular flexibility index (Phi) is 4.09. The topological polar surface area (TPSA) is 54.7 Å². The molecule has 0 spiro atoms. The Bertz CT molecular complexity index is 138. The van der Waals surface area contributed by atoms with Crippen LogP contribution in [0.25, 0.3) is 0 Å². The average Bonchev–Trinajstić information content (AvgIpc) is 2.19. The maximum absolute atomic E-state index is 5.26. The first-order valence-corrected chi connectivity index (χ1v) is 2.62. The van der Waals surface area contributed by atoms with Gasteiger partial charge in [0.05, 0.1) is 0 Å². The van der Waals surface area contributed by atoms with Crippen LogP contribution in [-0.2, 0) is 6.42 Å². The van der Waals surface area contributed by atoms with Crippen LogP contribution in [-0.4, -0.2) is 16.5 Å². The van der Waals surface area contributed by atoms with Crippen molar-refractivity contribution in [1.29, 1.82) is 0 Å². The van der Waals surface area contributed by atoms with E-state index >= 15 is 0 Å². The predicted octanol–water partition coefficient (Wildman–Crippen LogP) is 0.333. The lowest BCUT2D eigenvalue weighted by Gasteiger charge is -1.86. The maximum Gasteiger partial charge on any atom is 0.107 e. The molecule has 4 heteroatoms. The molecule has 0 aliphatic carbocycles. The van der Waals surface area contributed by atoms with E-state index < -0.39 is 0 Å². The van der Waals surface area contributed by atoms with Crippen molar-refractivity contribution in [3.05, 3.63) is 18.2 Å². The summed E-state index contributed by atoms with van der Waals surface area (Å²) < 4.78 is 0. The summed E-state index contributed by atoms with van der Waals surface area (Å²) >= 11 is 0. The number of aromatic nitrogens is 2. The van der Waals surface area contributed by atoms with Crippen molar-refractivity contribution in [2.24, 2.45) is 5.73 Å². The molecule has 0 amide bonds. The molecule has 3 nitrogen and oxygen atoms in total. The number of rotatable bonds is 2. The van der Waals surface area contributed by atoms with Crippen LogP contribution in [0.15, 0.2) is 12.4 Å². The van der Waals surface area contributed by atoms with E-state index in [1.54, 1.807) is 12.4 Å². The first-order chi connectivity index (χ1) is 3.93. The number of nitrogens with one attached hydrogen (secondary N) is 1. The minimum Gasteiger partial charge on any atom is -0.349 e. The molecule has 1 rings (SSSR count). The number of aromatic amines is 1. The highest BCUT2D eigenvalue weighted by Crippen LogP contribution is 1.85. The molecule has 1 aromatic rings. The second kappa shape index (κ2) is 4.35. The molecule has 0 aromatic carbocycles. The predicted molar refractivity (Wildman–Crippen MR) is 38.6 cm³/mol. The van der Waals surface area contributed by atoms with E-state index in [-0.39, 0.29) is 12.4 Å². The second-order valence-corrected chi connectivity index (χ2v) is 1.57. The van der Waals surface area contributed by atoms with Crippen LogP contribution < -0.4 is 5.73 Å². The fourth-order valence-electron chi connectivity index (χ4n) is 0.571. The first kappa shape index (κ1) is 8.46. The van der Waals surface area contributed by atoms with Crippen LogP contribution in [0.5, 0.6) is 0 Å². The van der Waals surface area contributed by atoms with Crippen molar-refractivity contribution in [1.82, 2.24) is 9.97 Å². The fourth-order valence-corrected chi connectivity index (χ4v) is 0.571. The largest absolute Gasteiger partial charge is 0.349 e. The standard InChI is InChI=1S/C5H9N3.ClH/c6-2-1-5-7-3-4-8-5;/h3-4H,1-2,6H2,(H,7,8);1H. The summed E-state index contributed by atoms with van der Waals surface area (Å²) in [4.78, 5) is 6.92. The summed E-state index contributed by atoms with van der Waals surface area (Å²) in [6, 6.07) is 0. The van der Waals surface area contributed by atoms with Crippen molar-refractivity contribution in [2.75, 3.05) is 6.54 Å². The summed E-state index contributed by atoms with van der Waals surface area (Å²) in [5.41, 5.74) is 5.26. The molecular weight excluding hydrogens is 138 g/mol. The normalized spacial score (nSPS) is 8.56. The van der Waals surface area contributed by atoms with Gasteiger partial charge in [-0.05, 0) is 6.54 Å². The van der Waals surface area contributed by atoms with Crippen LogP contribution in [0.4, 0.5) is 0 Å². The van der Waals surface area contributed by atoms with E-state index in [0.717, 1.165) is 12.2 Å². The van der Waals surface area contributed by atoms with Gasteiger partial charge in [-0.2, -0.15) is 0 Å². The Morgan fingerprint density at radius 2 is 2.44 bits per heavy atom. The van der Waals surface area contributed by atoms with Gasteiger partial charge in [0, 0.05) is 18.8 Å². The van der Waals surface area contributed by atoms with Crippen LogP contribution in [0.3, 0.4) is 0 Å². The third-order valence-corrected chi connectivity index (χ3v) is 0.936. The van der Waals surface area contributed by atoms with Gasteiger partial charge < -0.3 is 10.7 Å². The number of nitrogens with two attached hydrogens (primary N) is 1. The second-order valence-electron chi connectivity index (χ2n) is 1.57. The van der Waals surface area contributed by atoms with Gasteiger partial charge in [-0.15, -0.1) is 12.4 Å². The molecule has 0 unspecified atom stereocenters. The lowest BCUT2D eigenvalue weighted by molar-refractivity contribution is 0.894. The smallest absolute Gasteiger partial charge is 0.107 e. The van der Waals surface area contributed by atoms with Crippen molar-refractivity contribution >= 4 is 12.4 Å². The highest BCUT2D eigenvalue weighted by molar-refractivity contribution is 5.85. The Morgan fingerprint density at radius 3 is 2.89 bits per heavy atom. The van der Waals surface area contributed by atoms with Crippen LogP contribution in [0.2, 0.25) is 0 Å². The average molecular weight is 148 g/mol. The minimum atomic E-state index is 0. The van der Waals surface area contributed by atoms with Gasteiger partial charge in [-0.1, -0.05) is 0 Å². The number of H-pyrrole nitrogens is 1. The molecule has 0 bridgehead atoms. The first-order valence-electron chi connectivity index (χ1n) is 2.62. The lowest BCUT2D eigenvalue weighted by Crippen LogP contribution is -2.03. The quantitative estimate of drug-likeness (QED) is 0.634. The molecule has 0 aliphatic rings. The number of imidazole rings is 1. The number of nitrogens with zero attached hydrogens (tertiary/aromatic N) is 1. The van der Waals surface area contributed by atoms with Crippen LogP contribution in [0.1, 0.15) is 5.82 Å². The van der Waals surface area contributed by atoms with Gasteiger partial charge >= 0.3 is 0 Å². The molecule has 0 saturated carbocycles. The molecule has 0 atom stereocenters. The third-order valence-electron chi connectivity index (χ3n) is 0.936. The minimum absolute atomic E-state index is 0. The lowest BCUT2D eigenvalue weighted by atomic mass is 10.4. The van der Waals surface area contributed by atoms with Crippen LogP contribution in [0, 0.1) is 0 Å². The number of halogens is 1. The molecular formula is C5H10ClN3. The van der Waals surface area contributed by atoms with Gasteiger partial charge in [0.1, 0.15) is 5.82 Å². The summed E-state index contributed by atoms with van der Waals surface area (Å²) in [7, 11) is 0. The van der Waals surface area contributed by atoms with E-state index in [9.17, 15) is 0 Å². The third kappa shape index (κ3) is 2.49. The van der Waals surface area contributed by atoms with Crippen molar-refractivity contribution < 1.29 is 0 Å². The SMILES string of the molecule is Cl.NCCc1ncc[nH]1. The maximum atomic E-state index is 5.26. The molecule has 0 radical (unpaired) electrons. The van der Waals surface area contributed by atoms with E-state index in [1.807, 2.05) is 0 Å². The Morgan fingerprint density at radius 1 is 1.67 bits per heavy atom. The zero-order valence-electron chi connectivity index (χ0n) is 5.00. The molecule has 0 aliphatic heterocycles. The Labute approximate surface area is 60.1 Å². The molecule has 3 N–H and O–H groups in total. The Balaban J connectivity index is 0.000000640. The number of hydrogen-bond donors (Lipinski definition) is 2. The molecule has 1 heterocycles. The van der Waals surface area contributed by atoms with Gasteiger partial charge in [-0.3, -0.25) is 0 Å². The molecule has 0 fully saturated rings. The van der Waals surface area contributed by atoms with Crippen molar-refractivity contribution in [2.45, 2.75) is 6.42 Å². The van der Waals surface area contributed by atoms with E-state index in [4.69, 9.17) is 5.73 Å². The van der Waals surface area contributed by atoms with Gasteiger partial charge in [0.15, 0.2) is 0 Å². The monoisotopic (exact) mass is 147 g/mol. The van der Waals surface area contributed by atoms with E-state index in [2.05, 4.69) is 9.97 Å². The van der Waals surface area contributed by atoms with Crippen LogP contribution >= 0.6 is 12.4 Å². The molecule has 0 saturated heterocycles. The van der Waals surface area contributed by atoms with Gasteiger partial charge in [-0.25, -0.2) is 4.98 Å². The summed E-state index contributed by atoms with van der Waals surface area (Å²) in [6.07, 6.45) is 4.36. The molecule has 1 aromatic heterocycles. The van der Waals surface area contributed by atoms with Gasteiger partial charge in [0.2, 0.25) is 0 Å². The van der Waals surface area contributed by atoms with Crippen molar-refractivity contribution in [3.8, 4) is 0 Å².